The Labute approximate surface area is 126 Å². The summed E-state index contributed by atoms with van der Waals surface area (Å²) in [6, 6.07) is 1.77. The topological polar surface area (TPSA) is 77.1 Å². The smallest absolute Gasteiger partial charge is 0.242 e. The minimum Gasteiger partial charge on any atom is -0.346 e. The normalized spacial score (nSPS) is 13.9. The molecule has 0 bridgehead atoms. The Hall–Kier alpha value is -0.500. The zero-order valence-corrected chi connectivity index (χ0v) is 14.2. The summed E-state index contributed by atoms with van der Waals surface area (Å²) in [5.74, 6) is 0.935. The van der Waals surface area contributed by atoms with Crippen molar-refractivity contribution in [1.29, 1.82) is 0 Å². The van der Waals surface area contributed by atoms with Gasteiger partial charge in [-0.05, 0) is 45.3 Å². The average molecular weight is 319 g/mol. The first kappa shape index (κ1) is 17.6. The van der Waals surface area contributed by atoms with Crippen molar-refractivity contribution in [2.24, 2.45) is 5.73 Å². The first-order valence-electron chi connectivity index (χ1n) is 6.74. The van der Waals surface area contributed by atoms with Gasteiger partial charge in [-0.15, -0.1) is 0 Å². The number of nitrogens with two attached hydrogens (primary N) is 1. The SMILES string of the molecule is CSCCC(C)NS(=O)(=O)c1cc(CN)n(C(C)C)c1. The van der Waals surface area contributed by atoms with E-state index in [2.05, 4.69) is 4.72 Å². The van der Waals surface area contributed by atoms with Gasteiger partial charge in [0.15, 0.2) is 0 Å². The van der Waals surface area contributed by atoms with Gasteiger partial charge in [-0.25, -0.2) is 13.1 Å². The van der Waals surface area contributed by atoms with Crippen molar-refractivity contribution in [1.82, 2.24) is 9.29 Å². The Morgan fingerprint density at radius 2 is 2.05 bits per heavy atom. The molecule has 1 unspecified atom stereocenters. The van der Waals surface area contributed by atoms with Crippen molar-refractivity contribution < 1.29 is 8.42 Å². The predicted octanol–water partition coefficient (Wildman–Crippen LogP) is 1.95. The highest BCUT2D eigenvalue weighted by molar-refractivity contribution is 7.98. The molecule has 1 aromatic heterocycles. The third-order valence-corrected chi connectivity index (χ3v) is 5.29. The maximum Gasteiger partial charge on any atom is 0.242 e. The maximum absolute atomic E-state index is 12.3. The number of nitrogens with zero attached hydrogens (tertiary/aromatic N) is 1. The fourth-order valence-electron chi connectivity index (χ4n) is 1.97. The molecule has 0 aliphatic carbocycles. The summed E-state index contributed by atoms with van der Waals surface area (Å²) in [7, 11) is -3.47. The predicted molar refractivity (Wildman–Crippen MR) is 85.5 cm³/mol. The molecule has 3 N–H and O–H groups in total. The van der Waals surface area contributed by atoms with Crippen molar-refractivity contribution in [2.75, 3.05) is 12.0 Å². The quantitative estimate of drug-likeness (QED) is 0.768. The lowest BCUT2D eigenvalue weighted by atomic mass is 10.3. The molecule has 0 spiro atoms. The third kappa shape index (κ3) is 4.51. The maximum atomic E-state index is 12.3. The Morgan fingerprint density at radius 1 is 1.40 bits per heavy atom. The highest BCUT2D eigenvalue weighted by Crippen LogP contribution is 2.19. The summed E-state index contributed by atoms with van der Waals surface area (Å²) >= 11 is 1.71. The van der Waals surface area contributed by atoms with E-state index in [1.54, 1.807) is 24.0 Å². The van der Waals surface area contributed by atoms with Gasteiger partial charge in [-0.1, -0.05) is 0 Å². The summed E-state index contributed by atoms with van der Waals surface area (Å²) in [6.07, 6.45) is 4.49. The van der Waals surface area contributed by atoms with Crippen LogP contribution in [0.5, 0.6) is 0 Å². The van der Waals surface area contributed by atoms with Gasteiger partial charge < -0.3 is 10.3 Å². The second-order valence-corrected chi connectivity index (χ2v) is 7.88. The van der Waals surface area contributed by atoms with E-state index in [1.807, 2.05) is 31.6 Å². The van der Waals surface area contributed by atoms with Gasteiger partial charge in [0.2, 0.25) is 10.0 Å². The summed E-state index contributed by atoms with van der Waals surface area (Å²) in [6.45, 7) is 6.22. The van der Waals surface area contributed by atoms with Gasteiger partial charge in [0.25, 0.3) is 0 Å². The third-order valence-electron chi connectivity index (χ3n) is 3.09. The molecule has 1 heterocycles. The summed E-state index contributed by atoms with van der Waals surface area (Å²) in [4.78, 5) is 0.294. The van der Waals surface area contributed by atoms with E-state index < -0.39 is 10.0 Å². The van der Waals surface area contributed by atoms with Gasteiger partial charge in [-0.3, -0.25) is 0 Å². The second-order valence-electron chi connectivity index (χ2n) is 5.18. The first-order valence-corrected chi connectivity index (χ1v) is 9.61. The Balaban J connectivity index is 2.92. The van der Waals surface area contributed by atoms with Crippen LogP contribution in [0, 0.1) is 0 Å². The largest absolute Gasteiger partial charge is 0.346 e. The summed E-state index contributed by atoms with van der Waals surface area (Å²) in [5, 5.41) is 0. The minimum absolute atomic E-state index is 0.0730. The van der Waals surface area contributed by atoms with Gasteiger partial charge >= 0.3 is 0 Å². The molecular weight excluding hydrogens is 294 g/mol. The number of thioether (sulfide) groups is 1. The second kappa shape index (κ2) is 7.49. The lowest BCUT2D eigenvalue weighted by molar-refractivity contribution is 0.554. The molecule has 116 valence electrons. The molecule has 5 nitrogen and oxygen atoms in total. The van der Waals surface area contributed by atoms with Gasteiger partial charge in [0, 0.05) is 30.5 Å². The van der Waals surface area contributed by atoms with E-state index in [9.17, 15) is 8.42 Å². The fraction of sp³-hybridized carbons (Fsp3) is 0.692. The van der Waals surface area contributed by atoms with Crippen LogP contribution in [0.25, 0.3) is 0 Å². The van der Waals surface area contributed by atoms with E-state index in [1.165, 1.54) is 0 Å². The van der Waals surface area contributed by atoms with E-state index in [4.69, 9.17) is 5.73 Å². The van der Waals surface area contributed by atoms with Crippen LogP contribution in [0.15, 0.2) is 17.2 Å². The van der Waals surface area contributed by atoms with Crippen molar-refractivity contribution in [3.05, 3.63) is 18.0 Å². The lowest BCUT2D eigenvalue weighted by Gasteiger charge is -2.13. The highest BCUT2D eigenvalue weighted by Gasteiger charge is 2.20. The molecular formula is C13H25N3O2S2. The average Bonchev–Trinajstić information content (AvgIpc) is 2.80. The highest BCUT2D eigenvalue weighted by atomic mass is 32.2. The molecule has 7 heteroatoms. The molecule has 0 aromatic carbocycles. The zero-order valence-electron chi connectivity index (χ0n) is 12.6. The molecule has 0 fully saturated rings. The van der Waals surface area contributed by atoms with Crippen LogP contribution in [0.3, 0.4) is 0 Å². The van der Waals surface area contributed by atoms with E-state index in [0.29, 0.717) is 11.4 Å². The van der Waals surface area contributed by atoms with E-state index in [0.717, 1.165) is 17.9 Å². The standard InChI is InChI=1S/C13H25N3O2S2/c1-10(2)16-9-13(7-12(16)8-14)20(17,18)15-11(3)5-6-19-4/h7,9-11,15H,5-6,8,14H2,1-4H3. The monoisotopic (exact) mass is 319 g/mol. The Bertz CT molecular complexity index is 524. The molecule has 20 heavy (non-hydrogen) atoms. The van der Waals surface area contributed by atoms with Crippen molar-refractivity contribution in [2.45, 2.75) is 50.7 Å². The molecule has 1 atom stereocenters. The molecule has 0 radical (unpaired) electrons. The Kier molecular flexibility index (Phi) is 6.57. The lowest BCUT2D eigenvalue weighted by Crippen LogP contribution is -2.32. The van der Waals surface area contributed by atoms with Crippen molar-refractivity contribution >= 4 is 21.8 Å². The summed E-state index contributed by atoms with van der Waals surface area (Å²) < 4.78 is 29.3. The van der Waals surface area contributed by atoms with Crippen molar-refractivity contribution in [3.63, 3.8) is 0 Å². The number of sulfonamides is 1. The van der Waals surface area contributed by atoms with Gasteiger partial charge in [-0.2, -0.15) is 11.8 Å². The number of nitrogens with one attached hydrogen (secondary N) is 1. The van der Waals surface area contributed by atoms with Crippen molar-refractivity contribution in [3.8, 4) is 0 Å². The van der Waals surface area contributed by atoms with Gasteiger partial charge in [0.1, 0.15) is 0 Å². The molecule has 0 aliphatic rings. The van der Waals surface area contributed by atoms with Gasteiger partial charge in [0.05, 0.1) is 4.90 Å². The number of hydrogen-bond donors (Lipinski definition) is 2. The van der Waals surface area contributed by atoms with Crippen LogP contribution in [0.4, 0.5) is 0 Å². The number of rotatable bonds is 8. The van der Waals surface area contributed by atoms with Crippen LogP contribution in [0.1, 0.15) is 38.9 Å². The number of aromatic nitrogens is 1. The van der Waals surface area contributed by atoms with Crippen LogP contribution in [-0.4, -0.2) is 31.0 Å². The fourth-order valence-corrected chi connectivity index (χ4v) is 3.89. The zero-order chi connectivity index (χ0) is 15.3. The van der Waals surface area contributed by atoms with Crippen LogP contribution >= 0.6 is 11.8 Å². The number of hydrogen-bond acceptors (Lipinski definition) is 4. The molecule has 0 saturated heterocycles. The molecule has 1 aromatic rings. The van der Waals surface area contributed by atoms with Crippen LogP contribution in [0.2, 0.25) is 0 Å². The molecule has 0 aliphatic heterocycles. The summed E-state index contributed by atoms with van der Waals surface area (Å²) in [5.41, 5.74) is 6.50. The molecule has 1 rings (SSSR count). The molecule has 0 amide bonds. The molecule has 0 saturated carbocycles. The van der Waals surface area contributed by atoms with E-state index >= 15 is 0 Å². The van der Waals surface area contributed by atoms with Crippen LogP contribution < -0.4 is 10.5 Å². The van der Waals surface area contributed by atoms with E-state index in [-0.39, 0.29) is 12.1 Å². The Morgan fingerprint density at radius 3 is 2.50 bits per heavy atom. The minimum atomic E-state index is -3.47. The first-order chi connectivity index (χ1) is 9.31. The van der Waals surface area contributed by atoms with Crippen LogP contribution in [-0.2, 0) is 16.6 Å².